The van der Waals surface area contributed by atoms with Crippen molar-refractivity contribution < 1.29 is 19.1 Å². The van der Waals surface area contributed by atoms with Gasteiger partial charge in [0.05, 0.1) is 17.7 Å². The second-order valence-electron chi connectivity index (χ2n) is 6.35. The van der Waals surface area contributed by atoms with E-state index in [1.807, 2.05) is 52.0 Å². The minimum absolute atomic E-state index is 0.360. The lowest BCUT2D eigenvalue weighted by atomic mass is 10.0. The third-order valence-electron chi connectivity index (χ3n) is 3.29. The highest BCUT2D eigenvalue weighted by atomic mass is 16.6. The summed E-state index contributed by atoms with van der Waals surface area (Å²) in [6.07, 6.45) is 0.781. The first-order chi connectivity index (χ1) is 11.4. The number of carbonyl (C=O) groups excluding carboxylic acids is 2. The van der Waals surface area contributed by atoms with Crippen molar-refractivity contribution in [1.29, 1.82) is 0 Å². The maximum Gasteiger partial charge on any atom is 0.338 e. The summed E-state index contributed by atoms with van der Waals surface area (Å²) in [5, 5.41) is 0. The Bertz CT molecular complexity index is 724. The van der Waals surface area contributed by atoms with Crippen molar-refractivity contribution >= 4 is 12.3 Å². The summed E-state index contributed by atoms with van der Waals surface area (Å²) in [5.74, 6) is 0.195. The maximum atomic E-state index is 12.1. The number of ether oxygens (including phenoxy) is 2. The quantitative estimate of drug-likeness (QED) is 0.599. The van der Waals surface area contributed by atoms with Crippen molar-refractivity contribution in [1.82, 2.24) is 0 Å². The van der Waals surface area contributed by atoms with Crippen LogP contribution in [0.5, 0.6) is 5.75 Å². The van der Waals surface area contributed by atoms with Crippen molar-refractivity contribution in [2.45, 2.75) is 33.3 Å². The van der Waals surface area contributed by atoms with Crippen LogP contribution in [0.1, 0.15) is 48.4 Å². The first-order valence-corrected chi connectivity index (χ1v) is 7.90. The highest BCUT2D eigenvalue weighted by molar-refractivity contribution is 5.91. The number of rotatable bonds is 5. The van der Waals surface area contributed by atoms with Crippen LogP contribution in [0, 0.1) is 0 Å². The lowest BCUT2D eigenvalue weighted by Crippen LogP contribution is -2.23. The minimum Gasteiger partial charge on any atom is -0.492 e. The minimum atomic E-state index is -0.532. The van der Waals surface area contributed by atoms with Gasteiger partial charge in [0, 0.05) is 5.56 Å². The molecule has 0 heterocycles. The molecule has 4 heteroatoms. The fourth-order valence-corrected chi connectivity index (χ4v) is 2.30. The van der Waals surface area contributed by atoms with E-state index in [-0.39, 0.29) is 5.97 Å². The molecule has 0 fully saturated rings. The van der Waals surface area contributed by atoms with Gasteiger partial charge in [0.1, 0.15) is 11.4 Å². The van der Waals surface area contributed by atoms with E-state index in [0.717, 1.165) is 17.4 Å². The maximum absolute atomic E-state index is 12.1. The Morgan fingerprint density at radius 2 is 1.75 bits per heavy atom. The molecule has 0 bridgehead atoms. The van der Waals surface area contributed by atoms with Crippen LogP contribution in [0.25, 0.3) is 11.1 Å². The van der Waals surface area contributed by atoms with E-state index in [2.05, 4.69) is 0 Å². The predicted octanol–water partition coefficient (Wildman–Crippen LogP) is 4.52. The van der Waals surface area contributed by atoms with E-state index in [4.69, 9.17) is 9.47 Å². The third kappa shape index (κ3) is 4.22. The summed E-state index contributed by atoms with van der Waals surface area (Å²) in [7, 11) is 0. The Hall–Kier alpha value is -2.62. The van der Waals surface area contributed by atoms with E-state index in [9.17, 15) is 9.59 Å². The van der Waals surface area contributed by atoms with Gasteiger partial charge in [-0.05, 0) is 51.5 Å². The third-order valence-corrected chi connectivity index (χ3v) is 3.29. The average molecular weight is 326 g/mol. The summed E-state index contributed by atoms with van der Waals surface area (Å²) < 4.78 is 11.0. The standard InChI is InChI=1S/C20H22O4/c1-5-23-18-16(13-21)7-6-8-17(18)14-9-11-15(12-10-14)19(22)24-20(2,3)4/h6-13H,5H2,1-4H3. The largest absolute Gasteiger partial charge is 0.492 e. The Labute approximate surface area is 142 Å². The molecule has 0 aliphatic carbocycles. The van der Waals surface area contributed by atoms with Gasteiger partial charge < -0.3 is 9.47 Å². The summed E-state index contributed by atoms with van der Waals surface area (Å²) in [6, 6.07) is 12.5. The molecule has 0 aliphatic rings. The average Bonchev–Trinajstić information content (AvgIpc) is 2.54. The molecule has 0 saturated heterocycles. The van der Waals surface area contributed by atoms with Crippen molar-refractivity contribution in [2.75, 3.05) is 6.61 Å². The van der Waals surface area contributed by atoms with Gasteiger partial charge in [0.25, 0.3) is 0 Å². The van der Waals surface area contributed by atoms with Crippen LogP contribution in [-0.4, -0.2) is 24.5 Å². The molecule has 0 aliphatic heterocycles. The fourth-order valence-electron chi connectivity index (χ4n) is 2.30. The van der Waals surface area contributed by atoms with Gasteiger partial charge in [0.2, 0.25) is 0 Å². The van der Waals surface area contributed by atoms with Gasteiger partial charge in [-0.1, -0.05) is 24.3 Å². The molecule has 0 amide bonds. The van der Waals surface area contributed by atoms with E-state index in [1.165, 1.54) is 0 Å². The predicted molar refractivity (Wildman–Crippen MR) is 93.6 cm³/mol. The molecule has 0 radical (unpaired) electrons. The SMILES string of the molecule is CCOc1c(C=O)cccc1-c1ccc(C(=O)OC(C)(C)C)cc1. The molecule has 24 heavy (non-hydrogen) atoms. The van der Waals surface area contributed by atoms with Crippen LogP contribution in [0.2, 0.25) is 0 Å². The molecule has 4 nitrogen and oxygen atoms in total. The Kier molecular flexibility index (Phi) is 5.39. The first-order valence-electron chi connectivity index (χ1n) is 7.90. The smallest absolute Gasteiger partial charge is 0.338 e. The topological polar surface area (TPSA) is 52.6 Å². The van der Waals surface area contributed by atoms with Gasteiger partial charge in [-0.3, -0.25) is 4.79 Å². The second-order valence-corrected chi connectivity index (χ2v) is 6.35. The number of hydrogen-bond acceptors (Lipinski definition) is 4. The van der Waals surface area contributed by atoms with Crippen LogP contribution in [0.15, 0.2) is 42.5 Å². The number of benzene rings is 2. The van der Waals surface area contributed by atoms with Crippen LogP contribution < -0.4 is 4.74 Å². The lowest BCUT2D eigenvalue weighted by Gasteiger charge is -2.19. The molecule has 0 N–H and O–H groups in total. The lowest BCUT2D eigenvalue weighted by molar-refractivity contribution is 0.00695. The summed E-state index contributed by atoms with van der Waals surface area (Å²) in [6.45, 7) is 7.83. The summed E-state index contributed by atoms with van der Waals surface area (Å²) in [4.78, 5) is 23.3. The molecule has 0 atom stereocenters. The monoisotopic (exact) mass is 326 g/mol. The molecular formula is C20H22O4. The zero-order chi connectivity index (χ0) is 17.7. The van der Waals surface area contributed by atoms with Gasteiger partial charge in [0.15, 0.2) is 6.29 Å². The molecule has 0 saturated carbocycles. The Balaban J connectivity index is 2.35. The van der Waals surface area contributed by atoms with E-state index in [0.29, 0.717) is 23.5 Å². The van der Waals surface area contributed by atoms with E-state index >= 15 is 0 Å². The molecular weight excluding hydrogens is 304 g/mol. The Morgan fingerprint density at radius 3 is 2.29 bits per heavy atom. The zero-order valence-electron chi connectivity index (χ0n) is 14.5. The molecule has 0 spiro atoms. The van der Waals surface area contributed by atoms with Gasteiger partial charge in [-0.15, -0.1) is 0 Å². The number of para-hydroxylation sites is 1. The summed E-state index contributed by atoms with van der Waals surface area (Å²) in [5.41, 5.74) is 2.14. The van der Waals surface area contributed by atoms with Crippen LogP contribution in [-0.2, 0) is 4.74 Å². The zero-order valence-corrected chi connectivity index (χ0v) is 14.5. The molecule has 126 valence electrons. The molecule has 2 aromatic rings. The number of esters is 1. The molecule has 0 aromatic heterocycles. The van der Waals surface area contributed by atoms with Gasteiger partial charge >= 0.3 is 5.97 Å². The van der Waals surface area contributed by atoms with Crippen LogP contribution in [0.4, 0.5) is 0 Å². The molecule has 2 aromatic carbocycles. The second kappa shape index (κ2) is 7.30. The fraction of sp³-hybridized carbons (Fsp3) is 0.300. The Morgan fingerprint density at radius 1 is 1.08 bits per heavy atom. The molecule has 2 rings (SSSR count). The van der Waals surface area contributed by atoms with E-state index < -0.39 is 5.60 Å². The first kappa shape index (κ1) is 17.7. The van der Waals surface area contributed by atoms with Crippen molar-refractivity contribution in [3.63, 3.8) is 0 Å². The highest BCUT2D eigenvalue weighted by Crippen LogP contribution is 2.33. The van der Waals surface area contributed by atoms with Gasteiger partial charge in [-0.25, -0.2) is 4.79 Å². The number of aldehydes is 1. The van der Waals surface area contributed by atoms with Crippen LogP contribution >= 0.6 is 0 Å². The van der Waals surface area contributed by atoms with E-state index in [1.54, 1.807) is 18.2 Å². The highest BCUT2D eigenvalue weighted by Gasteiger charge is 2.18. The number of carbonyl (C=O) groups is 2. The number of hydrogen-bond donors (Lipinski definition) is 0. The van der Waals surface area contributed by atoms with Gasteiger partial charge in [-0.2, -0.15) is 0 Å². The van der Waals surface area contributed by atoms with Crippen LogP contribution in [0.3, 0.4) is 0 Å². The van der Waals surface area contributed by atoms with Crippen molar-refractivity contribution in [3.05, 3.63) is 53.6 Å². The normalized spacial score (nSPS) is 11.0. The molecule has 0 unspecified atom stereocenters. The van der Waals surface area contributed by atoms with Crippen molar-refractivity contribution in [3.8, 4) is 16.9 Å². The summed E-state index contributed by atoms with van der Waals surface area (Å²) >= 11 is 0. The van der Waals surface area contributed by atoms with Crippen molar-refractivity contribution in [2.24, 2.45) is 0 Å².